The SMILES string of the molecule is Cc1cccc(CSCC(=O)NCC(C(=O)O)C(C)C)c1. The van der Waals surface area contributed by atoms with Crippen molar-refractivity contribution in [3.8, 4) is 0 Å². The van der Waals surface area contributed by atoms with Gasteiger partial charge in [0.25, 0.3) is 0 Å². The molecule has 0 heterocycles. The number of nitrogens with one attached hydrogen (secondary N) is 1. The van der Waals surface area contributed by atoms with Gasteiger partial charge in [-0.25, -0.2) is 0 Å². The van der Waals surface area contributed by atoms with Gasteiger partial charge in [0.1, 0.15) is 0 Å². The standard InChI is InChI=1S/C16H23NO3S/c1-11(2)14(16(19)20)8-17-15(18)10-21-9-13-6-4-5-12(3)7-13/h4-7,11,14H,8-10H2,1-3H3,(H,17,18)(H,19,20). The van der Waals surface area contributed by atoms with Crippen LogP contribution >= 0.6 is 11.8 Å². The topological polar surface area (TPSA) is 66.4 Å². The molecular formula is C16H23NO3S. The summed E-state index contributed by atoms with van der Waals surface area (Å²) < 4.78 is 0. The van der Waals surface area contributed by atoms with Crippen molar-refractivity contribution < 1.29 is 14.7 Å². The van der Waals surface area contributed by atoms with Crippen molar-refractivity contribution in [1.82, 2.24) is 5.32 Å². The predicted molar refractivity (Wildman–Crippen MR) is 86.3 cm³/mol. The second kappa shape index (κ2) is 8.72. The van der Waals surface area contributed by atoms with Gasteiger partial charge in [0.2, 0.25) is 5.91 Å². The van der Waals surface area contributed by atoms with Gasteiger partial charge in [-0.05, 0) is 18.4 Å². The van der Waals surface area contributed by atoms with Gasteiger partial charge >= 0.3 is 5.97 Å². The number of rotatable bonds is 8. The van der Waals surface area contributed by atoms with Crippen LogP contribution in [0.5, 0.6) is 0 Å². The molecule has 1 aromatic carbocycles. The fourth-order valence-electron chi connectivity index (χ4n) is 1.95. The van der Waals surface area contributed by atoms with Crippen LogP contribution in [-0.4, -0.2) is 29.3 Å². The lowest BCUT2D eigenvalue weighted by Gasteiger charge is -2.16. The molecule has 4 nitrogen and oxygen atoms in total. The second-order valence-electron chi connectivity index (χ2n) is 5.47. The Morgan fingerprint density at radius 1 is 1.33 bits per heavy atom. The van der Waals surface area contributed by atoms with Crippen molar-refractivity contribution in [2.24, 2.45) is 11.8 Å². The summed E-state index contributed by atoms with van der Waals surface area (Å²) in [6.45, 7) is 5.92. The number of hydrogen-bond donors (Lipinski definition) is 2. The Morgan fingerprint density at radius 3 is 2.62 bits per heavy atom. The van der Waals surface area contributed by atoms with Crippen LogP contribution in [0.1, 0.15) is 25.0 Å². The summed E-state index contributed by atoms with van der Waals surface area (Å²) >= 11 is 1.53. The zero-order valence-corrected chi connectivity index (χ0v) is 13.6. The first-order valence-electron chi connectivity index (χ1n) is 7.03. The Labute approximate surface area is 130 Å². The second-order valence-corrected chi connectivity index (χ2v) is 6.46. The van der Waals surface area contributed by atoms with Crippen molar-refractivity contribution in [1.29, 1.82) is 0 Å². The molecule has 0 aliphatic rings. The highest BCUT2D eigenvalue weighted by molar-refractivity contribution is 7.99. The highest BCUT2D eigenvalue weighted by Crippen LogP contribution is 2.14. The van der Waals surface area contributed by atoms with Crippen molar-refractivity contribution in [3.05, 3.63) is 35.4 Å². The van der Waals surface area contributed by atoms with Gasteiger partial charge in [-0.3, -0.25) is 9.59 Å². The smallest absolute Gasteiger partial charge is 0.308 e. The van der Waals surface area contributed by atoms with E-state index >= 15 is 0 Å². The number of amides is 1. The lowest BCUT2D eigenvalue weighted by molar-refractivity contribution is -0.143. The Kier molecular flexibility index (Phi) is 7.29. The van der Waals surface area contributed by atoms with Gasteiger partial charge in [-0.2, -0.15) is 0 Å². The molecule has 0 saturated carbocycles. The summed E-state index contributed by atoms with van der Waals surface area (Å²) in [5, 5.41) is 11.8. The molecule has 1 unspecified atom stereocenters. The average molecular weight is 309 g/mol. The number of aliphatic carboxylic acids is 1. The third-order valence-electron chi connectivity index (χ3n) is 3.23. The number of hydrogen-bond acceptors (Lipinski definition) is 3. The Hall–Kier alpha value is -1.49. The summed E-state index contributed by atoms with van der Waals surface area (Å²) in [5.74, 6) is -0.379. The summed E-state index contributed by atoms with van der Waals surface area (Å²) in [6, 6.07) is 8.19. The summed E-state index contributed by atoms with van der Waals surface area (Å²) in [4.78, 5) is 22.8. The van der Waals surface area contributed by atoms with E-state index in [0.29, 0.717) is 5.75 Å². The number of benzene rings is 1. The monoisotopic (exact) mass is 309 g/mol. The Morgan fingerprint density at radius 2 is 2.05 bits per heavy atom. The van der Waals surface area contributed by atoms with E-state index in [0.717, 1.165) is 5.75 Å². The third-order valence-corrected chi connectivity index (χ3v) is 4.23. The number of aryl methyl sites for hydroxylation is 1. The molecule has 5 heteroatoms. The molecule has 0 fully saturated rings. The molecule has 116 valence electrons. The fraction of sp³-hybridized carbons (Fsp3) is 0.500. The van der Waals surface area contributed by atoms with E-state index in [1.807, 2.05) is 39.0 Å². The normalized spacial score (nSPS) is 12.2. The van der Waals surface area contributed by atoms with Gasteiger partial charge in [0.05, 0.1) is 11.7 Å². The van der Waals surface area contributed by atoms with Crippen LogP contribution < -0.4 is 5.32 Å². The van der Waals surface area contributed by atoms with E-state index in [9.17, 15) is 9.59 Å². The van der Waals surface area contributed by atoms with Crippen LogP contribution in [0.4, 0.5) is 0 Å². The molecule has 0 radical (unpaired) electrons. The first kappa shape index (κ1) is 17.6. The van der Waals surface area contributed by atoms with Crippen molar-refractivity contribution in [2.45, 2.75) is 26.5 Å². The number of carboxylic acid groups (broad SMARTS) is 1. The van der Waals surface area contributed by atoms with E-state index in [-0.39, 0.29) is 18.4 Å². The molecule has 0 aromatic heterocycles. The molecule has 0 aliphatic carbocycles. The molecular weight excluding hydrogens is 286 g/mol. The van der Waals surface area contributed by atoms with Crippen LogP contribution in [0.2, 0.25) is 0 Å². The molecule has 0 saturated heterocycles. The Balaban J connectivity index is 2.29. The Bertz CT molecular complexity index is 488. The number of carbonyl (C=O) groups excluding carboxylic acids is 1. The first-order chi connectivity index (χ1) is 9.90. The largest absolute Gasteiger partial charge is 0.481 e. The number of carboxylic acids is 1. The van der Waals surface area contributed by atoms with Crippen LogP contribution in [0.3, 0.4) is 0 Å². The van der Waals surface area contributed by atoms with Crippen LogP contribution in [0, 0.1) is 18.8 Å². The van der Waals surface area contributed by atoms with E-state index in [2.05, 4.69) is 11.4 Å². The lowest BCUT2D eigenvalue weighted by atomic mass is 9.96. The first-order valence-corrected chi connectivity index (χ1v) is 8.18. The van der Waals surface area contributed by atoms with E-state index in [1.54, 1.807) is 0 Å². The third kappa shape index (κ3) is 6.67. The minimum atomic E-state index is -0.863. The average Bonchev–Trinajstić information content (AvgIpc) is 2.38. The predicted octanol–water partition coefficient (Wildman–Crippen LogP) is 2.70. The van der Waals surface area contributed by atoms with Gasteiger partial charge in [0, 0.05) is 12.3 Å². The number of carbonyl (C=O) groups is 2. The maximum Gasteiger partial charge on any atom is 0.308 e. The van der Waals surface area contributed by atoms with E-state index < -0.39 is 11.9 Å². The van der Waals surface area contributed by atoms with Gasteiger partial charge in [-0.1, -0.05) is 43.7 Å². The zero-order chi connectivity index (χ0) is 15.8. The molecule has 1 rings (SSSR count). The van der Waals surface area contributed by atoms with Crippen molar-refractivity contribution >= 4 is 23.6 Å². The van der Waals surface area contributed by atoms with Crippen LogP contribution in [0.15, 0.2) is 24.3 Å². The lowest BCUT2D eigenvalue weighted by Crippen LogP contribution is -2.36. The maximum absolute atomic E-state index is 11.7. The molecule has 0 spiro atoms. The van der Waals surface area contributed by atoms with Gasteiger partial charge in [0.15, 0.2) is 0 Å². The minimum absolute atomic E-state index is 0.00254. The van der Waals surface area contributed by atoms with Crippen LogP contribution in [0.25, 0.3) is 0 Å². The molecule has 2 N–H and O–H groups in total. The minimum Gasteiger partial charge on any atom is -0.481 e. The van der Waals surface area contributed by atoms with Crippen molar-refractivity contribution in [2.75, 3.05) is 12.3 Å². The van der Waals surface area contributed by atoms with Crippen LogP contribution in [-0.2, 0) is 15.3 Å². The fourth-order valence-corrected chi connectivity index (χ4v) is 2.75. The maximum atomic E-state index is 11.7. The summed E-state index contributed by atoms with van der Waals surface area (Å²) in [5.41, 5.74) is 2.40. The van der Waals surface area contributed by atoms with E-state index in [4.69, 9.17) is 5.11 Å². The molecule has 21 heavy (non-hydrogen) atoms. The highest BCUT2D eigenvalue weighted by atomic mass is 32.2. The molecule has 0 bridgehead atoms. The summed E-state index contributed by atoms with van der Waals surface area (Å²) in [7, 11) is 0. The zero-order valence-electron chi connectivity index (χ0n) is 12.8. The van der Waals surface area contributed by atoms with E-state index in [1.165, 1.54) is 22.9 Å². The summed E-state index contributed by atoms with van der Waals surface area (Å²) in [6.07, 6.45) is 0. The molecule has 1 amide bonds. The molecule has 1 aromatic rings. The number of thioether (sulfide) groups is 1. The quantitative estimate of drug-likeness (QED) is 0.775. The van der Waals surface area contributed by atoms with Crippen molar-refractivity contribution in [3.63, 3.8) is 0 Å². The van der Waals surface area contributed by atoms with Gasteiger partial charge in [-0.15, -0.1) is 11.8 Å². The highest BCUT2D eigenvalue weighted by Gasteiger charge is 2.21. The molecule has 0 aliphatic heterocycles. The van der Waals surface area contributed by atoms with Gasteiger partial charge < -0.3 is 10.4 Å². The molecule has 1 atom stereocenters.